The highest BCUT2D eigenvalue weighted by Gasteiger charge is 2.31. The van der Waals surface area contributed by atoms with Crippen molar-refractivity contribution in [2.75, 3.05) is 25.0 Å². The quantitative estimate of drug-likeness (QED) is 0.743. The number of ether oxygens (including phenoxy) is 1. The molecular formula is C20H28N4O2. The molecule has 1 atom stereocenters. The van der Waals surface area contributed by atoms with Crippen molar-refractivity contribution >= 4 is 11.6 Å². The number of aromatic nitrogens is 2. The number of aromatic amines is 1. The average molecular weight is 356 g/mol. The van der Waals surface area contributed by atoms with Crippen LogP contribution in [0.1, 0.15) is 54.9 Å². The molecule has 0 aliphatic carbocycles. The van der Waals surface area contributed by atoms with Gasteiger partial charge in [0.25, 0.3) is 5.91 Å². The second-order valence-corrected chi connectivity index (χ2v) is 7.25. The Morgan fingerprint density at radius 3 is 2.69 bits per heavy atom. The molecule has 0 saturated carbocycles. The zero-order chi connectivity index (χ0) is 18.6. The number of H-pyrrole nitrogens is 1. The molecule has 2 aromatic rings. The molecule has 1 fully saturated rings. The highest BCUT2D eigenvalue weighted by atomic mass is 16.5. The number of rotatable bonds is 6. The SMILES string of the molecule is CC[C@@]1(Cc2ccc(NC(=O)c3cc(C(C)C)n[nH]3)cc2)CNCCO1. The molecule has 1 aliphatic rings. The first-order valence-corrected chi connectivity index (χ1v) is 9.31. The Morgan fingerprint density at radius 2 is 2.12 bits per heavy atom. The summed E-state index contributed by atoms with van der Waals surface area (Å²) in [5, 5.41) is 13.3. The number of morpholine rings is 1. The Balaban J connectivity index is 1.62. The van der Waals surface area contributed by atoms with E-state index in [1.54, 1.807) is 6.07 Å². The Labute approximate surface area is 154 Å². The summed E-state index contributed by atoms with van der Waals surface area (Å²) in [6.45, 7) is 8.80. The van der Waals surface area contributed by atoms with E-state index < -0.39 is 0 Å². The van der Waals surface area contributed by atoms with Gasteiger partial charge in [-0.3, -0.25) is 9.89 Å². The number of carbonyl (C=O) groups excluding carboxylic acids is 1. The van der Waals surface area contributed by atoms with Gasteiger partial charge < -0.3 is 15.4 Å². The van der Waals surface area contributed by atoms with Gasteiger partial charge in [-0.25, -0.2) is 0 Å². The fraction of sp³-hybridized carbons (Fsp3) is 0.500. The minimum Gasteiger partial charge on any atom is -0.372 e. The van der Waals surface area contributed by atoms with Gasteiger partial charge in [0.05, 0.1) is 17.9 Å². The molecule has 140 valence electrons. The standard InChI is InChI=1S/C20H28N4O2/c1-4-20(13-21-9-10-26-20)12-15-5-7-16(8-6-15)22-19(25)18-11-17(14(2)3)23-24-18/h5-8,11,14,21H,4,9-10,12-13H2,1-3H3,(H,22,25)(H,23,24)/t20-/m1/s1. The van der Waals surface area contributed by atoms with Crippen LogP contribution < -0.4 is 10.6 Å². The van der Waals surface area contributed by atoms with Gasteiger partial charge in [0, 0.05) is 25.2 Å². The lowest BCUT2D eigenvalue weighted by molar-refractivity contribution is -0.0676. The highest BCUT2D eigenvalue weighted by Crippen LogP contribution is 2.24. The zero-order valence-corrected chi connectivity index (χ0v) is 15.8. The molecule has 1 saturated heterocycles. The van der Waals surface area contributed by atoms with Crippen molar-refractivity contribution in [2.24, 2.45) is 0 Å². The van der Waals surface area contributed by atoms with Crippen LogP contribution in [-0.2, 0) is 11.2 Å². The molecule has 1 aromatic carbocycles. The Morgan fingerprint density at radius 1 is 1.35 bits per heavy atom. The number of hydrogen-bond donors (Lipinski definition) is 3. The summed E-state index contributed by atoms with van der Waals surface area (Å²) in [6.07, 6.45) is 1.83. The lowest BCUT2D eigenvalue weighted by atomic mass is 9.90. The van der Waals surface area contributed by atoms with Gasteiger partial charge in [0.1, 0.15) is 5.69 Å². The van der Waals surface area contributed by atoms with E-state index in [0.717, 1.165) is 43.9 Å². The minimum atomic E-state index is -0.179. The van der Waals surface area contributed by atoms with Gasteiger partial charge in [-0.15, -0.1) is 0 Å². The summed E-state index contributed by atoms with van der Waals surface area (Å²) in [5.41, 5.74) is 3.21. The molecule has 3 N–H and O–H groups in total. The van der Waals surface area contributed by atoms with Crippen molar-refractivity contribution in [3.8, 4) is 0 Å². The van der Waals surface area contributed by atoms with E-state index in [-0.39, 0.29) is 17.4 Å². The third-order valence-corrected chi connectivity index (χ3v) is 4.95. The van der Waals surface area contributed by atoms with Gasteiger partial charge in [-0.05, 0) is 36.1 Å². The van der Waals surface area contributed by atoms with Crippen LogP contribution in [0.2, 0.25) is 0 Å². The first-order valence-electron chi connectivity index (χ1n) is 9.31. The average Bonchev–Trinajstić information content (AvgIpc) is 3.15. The molecule has 1 amide bonds. The van der Waals surface area contributed by atoms with E-state index in [0.29, 0.717) is 5.69 Å². The van der Waals surface area contributed by atoms with Gasteiger partial charge in [0.15, 0.2) is 0 Å². The summed E-state index contributed by atoms with van der Waals surface area (Å²) in [4.78, 5) is 12.3. The smallest absolute Gasteiger partial charge is 0.273 e. The normalized spacial score (nSPS) is 20.3. The molecule has 3 rings (SSSR count). The van der Waals surface area contributed by atoms with Crippen molar-refractivity contribution in [3.63, 3.8) is 0 Å². The largest absolute Gasteiger partial charge is 0.372 e. The molecule has 0 bridgehead atoms. The summed E-state index contributed by atoms with van der Waals surface area (Å²) in [6, 6.07) is 9.78. The molecule has 0 unspecified atom stereocenters. The molecule has 2 heterocycles. The summed E-state index contributed by atoms with van der Waals surface area (Å²) in [7, 11) is 0. The maximum absolute atomic E-state index is 12.3. The molecule has 6 nitrogen and oxygen atoms in total. The van der Waals surface area contributed by atoms with Crippen LogP contribution in [0.5, 0.6) is 0 Å². The van der Waals surface area contributed by atoms with E-state index in [9.17, 15) is 4.79 Å². The number of amides is 1. The van der Waals surface area contributed by atoms with Crippen molar-refractivity contribution in [1.29, 1.82) is 0 Å². The topological polar surface area (TPSA) is 79.0 Å². The Hall–Kier alpha value is -2.18. The second kappa shape index (κ2) is 8.01. The summed E-state index contributed by atoms with van der Waals surface area (Å²) in [5.74, 6) is 0.108. The summed E-state index contributed by atoms with van der Waals surface area (Å²) >= 11 is 0. The highest BCUT2D eigenvalue weighted by molar-refractivity contribution is 6.02. The predicted molar refractivity (Wildman–Crippen MR) is 103 cm³/mol. The third-order valence-electron chi connectivity index (χ3n) is 4.95. The van der Waals surface area contributed by atoms with Crippen molar-refractivity contribution in [1.82, 2.24) is 15.5 Å². The van der Waals surface area contributed by atoms with E-state index in [1.807, 2.05) is 26.0 Å². The molecule has 1 aliphatic heterocycles. The lowest BCUT2D eigenvalue weighted by Crippen LogP contribution is -2.50. The number of nitrogens with one attached hydrogen (secondary N) is 3. The van der Waals surface area contributed by atoms with Crippen LogP contribution in [0.4, 0.5) is 5.69 Å². The van der Waals surface area contributed by atoms with Gasteiger partial charge in [-0.1, -0.05) is 32.9 Å². The first-order chi connectivity index (χ1) is 12.5. The van der Waals surface area contributed by atoms with Crippen LogP contribution in [0, 0.1) is 0 Å². The van der Waals surface area contributed by atoms with Gasteiger partial charge in [0.2, 0.25) is 0 Å². The van der Waals surface area contributed by atoms with Crippen LogP contribution >= 0.6 is 0 Å². The first kappa shape index (κ1) is 18.6. The van der Waals surface area contributed by atoms with Crippen LogP contribution in [0.25, 0.3) is 0 Å². The zero-order valence-electron chi connectivity index (χ0n) is 15.8. The van der Waals surface area contributed by atoms with E-state index in [2.05, 4.69) is 39.9 Å². The number of carbonyl (C=O) groups is 1. The van der Waals surface area contributed by atoms with Crippen LogP contribution in [0.15, 0.2) is 30.3 Å². The van der Waals surface area contributed by atoms with E-state index in [1.165, 1.54) is 5.56 Å². The number of hydrogen-bond acceptors (Lipinski definition) is 4. The van der Waals surface area contributed by atoms with E-state index >= 15 is 0 Å². The maximum atomic E-state index is 12.3. The summed E-state index contributed by atoms with van der Waals surface area (Å²) < 4.78 is 6.05. The van der Waals surface area contributed by atoms with Crippen molar-refractivity contribution in [3.05, 3.63) is 47.3 Å². The van der Waals surface area contributed by atoms with E-state index in [4.69, 9.17) is 4.74 Å². The number of anilines is 1. The Bertz CT molecular complexity index is 731. The molecule has 6 heteroatoms. The fourth-order valence-electron chi connectivity index (χ4n) is 3.20. The number of benzene rings is 1. The van der Waals surface area contributed by atoms with Crippen molar-refractivity contribution < 1.29 is 9.53 Å². The van der Waals surface area contributed by atoms with Crippen LogP contribution in [0.3, 0.4) is 0 Å². The monoisotopic (exact) mass is 356 g/mol. The lowest BCUT2D eigenvalue weighted by Gasteiger charge is -2.37. The molecular weight excluding hydrogens is 328 g/mol. The van der Waals surface area contributed by atoms with Gasteiger partial charge >= 0.3 is 0 Å². The molecule has 26 heavy (non-hydrogen) atoms. The predicted octanol–water partition coefficient (Wildman–Crippen LogP) is 3.10. The third kappa shape index (κ3) is 4.31. The molecule has 0 radical (unpaired) electrons. The maximum Gasteiger partial charge on any atom is 0.273 e. The molecule has 0 spiro atoms. The Kier molecular flexibility index (Phi) is 5.74. The number of nitrogens with zero attached hydrogens (tertiary/aromatic N) is 1. The second-order valence-electron chi connectivity index (χ2n) is 7.25. The van der Waals surface area contributed by atoms with Crippen molar-refractivity contribution in [2.45, 2.75) is 45.1 Å². The fourth-order valence-corrected chi connectivity index (χ4v) is 3.20. The minimum absolute atomic E-state index is 0.133. The molecule has 1 aromatic heterocycles. The van der Waals surface area contributed by atoms with Crippen LogP contribution in [-0.4, -0.2) is 41.4 Å². The van der Waals surface area contributed by atoms with Gasteiger partial charge in [-0.2, -0.15) is 5.10 Å².